The number of rotatable bonds is 5. The number of nitrogens with two attached hydrogens (primary N) is 1. The standard InChI is InChI=1S/C22H23N3O4/c23-20(26)19-13-9-15-8-12-18(22(28)25(15)19)24-21(27)14-6-10-17(11-7-14)29-16-4-2-1-3-5-16/h1-7,10-11,15,18-19H,8-9,12-13H2,(H2,23,26)(H,24,27). The molecule has 0 aliphatic carbocycles. The predicted molar refractivity (Wildman–Crippen MR) is 106 cm³/mol. The van der Waals surface area contributed by atoms with Gasteiger partial charge in [0.2, 0.25) is 11.8 Å². The Hall–Kier alpha value is -3.35. The number of carbonyl (C=O) groups is 3. The molecule has 2 aromatic carbocycles. The number of hydrogen-bond acceptors (Lipinski definition) is 4. The summed E-state index contributed by atoms with van der Waals surface area (Å²) in [4.78, 5) is 38.7. The van der Waals surface area contributed by atoms with E-state index in [2.05, 4.69) is 5.32 Å². The topological polar surface area (TPSA) is 102 Å². The van der Waals surface area contributed by atoms with Crippen molar-refractivity contribution in [2.45, 2.75) is 43.8 Å². The van der Waals surface area contributed by atoms with Crippen LogP contribution in [0.25, 0.3) is 0 Å². The van der Waals surface area contributed by atoms with Crippen molar-refractivity contribution in [3.63, 3.8) is 0 Å². The Morgan fingerprint density at radius 3 is 2.28 bits per heavy atom. The Bertz CT molecular complexity index is 913. The number of ether oxygens (including phenoxy) is 1. The average Bonchev–Trinajstić information content (AvgIpc) is 3.17. The Kier molecular flexibility index (Phi) is 5.20. The SMILES string of the molecule is NC(=O)C1CCC2CCC(NC(=O)c3ccc(Oc4ccccc4)cc3)C(=O)N21. The highest BCUT2D eigenvalue weighted by molar-refractivity contribution is 5.98. The van der Waals surface area contributed by atoms with Crippen molar-refractivity contribution in [1.82, 2.24) is 10.2 Å². The van der Waals surface area contributed by atoms with E-state index in [9.17, 15) is 14.4 Å². The summed E-state index contributed by atoms with van der Waals surface area (Å²) in [5.41, 5.74) is 5.88. The lowest BCUT2D eigenvalue weighted by atomic mass is 9.97. The van der Waals surface area contributed by atoms with Crippen molar-refractivity contribution >= 4 is 17.7 Å². The van der Waals surface area contributed by atoms with Crippen molar-refractivity contribution in [2.24, 2.45) is 5.73 Å². The van der Waals surface area contributed by atoms with E-state index in [1.54, 1.807) is 29.2 Å². The maximum atomic E-state index is 12.8. The maximum Gasteiger partial charge on any atom is 0.251 e. The summed E-state index contributed by atoms with van der Waals surface area (Å²) in [7, 11) is 0. The van der Waals surface area contributed by atoms with Crippen LogP contribution in [0.1, 0.15) is 36.0 Å². The van der Waals surface area contributed by atoms with E-state index in [1.165, 1.54) is 0 Å². The van der Waals surface area contributed by atoms with Gasteiger partial charge in [-0.2, -0.15) is 0 Å². The molecule has 0 spiro atoms. The molecule has 2 aromatic rings. The van der Waals surface area contributed by atoms with Gasteiger partial charge in [-0.3, -0.25) is 14.4 Å². The maximum absolute atomic E-state index is 12.8. The van der Waals surface area contributed by atoms with E-state index < -0.39 is 18.0 Å². The monoisotopic (exact) mass is 393 g/mol. The molecule has 3 unspecified atom stereocenters. The van der Waals surface area contributed by atoms with E-state index in [0.717, 1.165) is 12.8 Å². The van der Waals surface area contributed by atoms with Crippen LogP contribution in [-0.2, 0) is 9.59 Å². The first kappa shape index (κ1) is 19.0. The quantitative estimate of drug-likeness (QED) is 0.813. The molecule has 150 valence electrons. The molecule has 2 aliphatic rings. The number of piperidine rings is 1. The van der Waals surface area contributed by atoms with Crippen LogP contribution in [0.3, 0.4) is 0 Å². The lowest BCUT2D eigenvalue weighted by Gasteiger charge is -2.37. The third-order valence-electron chi connectivity index (χ3n) is 5.57. The zero-order valence-electron chi connectivity index (χ0n) is 15.9. The number of para-hydroxylation sites is 1. The molecular formula is C22H23N3O4. The van der Waals surface area contributed by atoms with Crippen LogP contribution in [0.5, 0.6) is 11.5 Å². The summed E-state index contributed by atoms with van der Waals surface area (Å²) in [6.07, 6.45) is 2.69. The van der Waals surface area contributed by atoms with Gasteiger partial charge < -0.3 is 20.7 Å². The largest absolute Gasteiger partial charge is 0.457 e. The van der Waals surface area contributed by atoms with Gasteiger partial charge in [0, 0.05) is 11.6 Å². The Morgan fingerprint density at radius 2 is 1.59 bits per heavy atom. The van der Waals surface area contributed by atoms with Crippen LogP contribution in [0.15, 0.2) is 54.6 Å². The summed E-state index contributed by atoms with van der Waals surface area (Å²) < 4.78 is 5.73. The smallest absolute Gasteiger partial charge is 0.251 e. The van der Waals surface area contributed by atoms with Crippen molar-refractivity contribution in [1.29, 1.82) is 0 Å². The number of amides is 3. The predicted octanol–water partition coefficient (Wildman–Crippen LogP) is 2.22. The van der Waals surface area contributed by atoms with Crippen LogP contribution < -0.4 is 15.8 Å². The fraction of sp³-hybridized carbons (Fsp3) is 0.318. The molecular weight excluding hydrogens is 370 g/mol. The second-order valence-corrected chi connectivity index (χ2v) is 7.44. The first-order valence-electron chi connectivity index (χ1n) is 9.78. The van der Waals surface area contributed by atoms with Crippen LogP contribution in [0.4, 0.5) is 0 Å². The van der Waals surface area contributed by atoms with Crippen LogP contribution >= 0.6 is 0 Å². The van der Waals surface area contributed by atoms with Crippen molar-refractivity contribution in [2.75, 3.05) is 0 Å². The van der Waals surface area contributed by atoms with Gasteiger partial charge in [0.15, 0.2) is 0 Å². The minimum absolute atomic E-state index is 0.0440. The molecule has 0 aromatic heterocycles. The molecule has 0 radical (unpaired) electrons. The van der Waals surface area contributed by atoms with E-state index in [-0.39, 0.29) is 17.9 Å². The molecule has 3 amide bonds. The highest BCUT2D eigenvalue weighted by atomic mass is 16.5. The van der Waals surface area contributed by atoms with E-state index in [0.29, 0.717) is 29.9 Å². The second kappa shape index (κ2) is 7.95. The van der Waals surface area contributed by atoms with E-state index in [4.69, 9.17) is 10.5 Å². The number of fused-ring (bicyclic) bond motifs is 1. The Balaban J connectivity index is 1.40. The molecule has 2 saturated heterocycles. The third kappa shape index (κ3) is 3.94. The van der Waals surface area contributed by atoms with Crippen LogP contribution in [-0.4, -0.2) is 40.7 Å². The van der Waals surface area contributed by atoms with Gasteiger partial charge >= 0.3 is 0 Å². The van der Waals surface area contributed by atoms with Crippen molar-refractivity contribution < 1.29 is 19.1 Å². The second-order valence-electron chi connectivity index (χ2n) is 7.44. The van der Waals surface area contributed by atoms with Gasteiger partial charge in [0.25, 0.3) is 5.91 Å². The summed E-state index contributed by atoms with van der Waals surface area (Å²) in [5.74, 6) is 0.289. The van der Waals surface area contributed by atoms with Gasteiger partial charge in [0.05, 0.1) is 0 Å². The van der Waals surface area contributed by atoms with Crippen molar-refractivity contribution in [3.8, 4) is 11.5 Å². The summed E-state index contributed by atoms with van der Waals surface area (Å²) in [6, 6.07) is 14.9. The molecule has 29 heavy (non-hydrogen) atoms. The number of hydrogen-bond donors (Lipinski definition) is 2. The van der Waals surface area contributed by atoms with E-state index in [1.807, 2.05) is 30.3 Å². The van der Waals surface area contributed by atoms with Gasteiger partial charge in [0.1, 0.15) is 23.6 Å². The molecule has 2 fully saturated rings. The lowest BCUT2D eigenvalue weighted by molar-refractivity contribution is -0.143. The lowest BCUT2D eigenvalue weighted by Crippen LogP contribution is -2.58. The highest BCUT2D eigenvalue weighted by Gasteiger charge is 2.45. The average molecular weight is 393 g/mol. The molecule has 0 bridgehead atoms. The number of primary amides is 1. The van der Waals surface area contributed by atoms with Gasteiger partial charge in [-0.1, -0.05) is 18.2 Å². The fourth-order valence-corrected chi connectivity index (χ4v) is 4.12. The molecule has 2 heterocycles. The molecule has 7 nitrogen and oxygen atoms in total. The van der Waals surface area contributed by atoms with Crippen LogP contribution in [0, 0.1) is 0 Å². The molecule has 7 heteroatoms. The van der Waals surface area contributed by atoms with Gasteiger partial charge in [-0.25, -0.2) is 0 Å². The summed E-state index contributed by atoms with van der Waals surface area (Å²) in [6.45, 7) is 0. The molecule has 3 N–H and O–H groups in total. The summed E-state index contributed by atoms with van der Waals surface area (Å²) >= 11 is 0. The summed E-state index contributed by atoms with van der Waals surface area (Å²) in [5, 5.41) is 2.80. The number of carbonyl (C=O) groups excluding carboxylic acids is 3. The molecule has 0 saturated carbocycles. The number of benzene rings is 2. The molecule has 3 atom stereocenters. The first-order valence-corrected chi connectivity index (χ1v) is 9.78. The number of nitrogens with one attached hydrogen (secondary N) is 1. The molecule has 2 aliphatic heterocycles. The first-order chi connectivity index (χ1) is 14.0. The highest BCUT2D eigenvalue weighted by Crippen LogP contribution is 2.32. The molecule has 4 rings (SSSR count). The van der Waals surface area contributed by atoms with Gasteiger partial charge in [-0.15, -0.1) is 0 Å². The third-order valence-corrected chi connectivity index (χ3v) is 5.57. The minimum atomic E-state index is -0.640. The Morgan fingerprint density at radius 1 is 0.931 bits per heavy atom. The van der Waals surface area contributed by atoms with E-state index >= 15 is 0 Å². The normalized spacial score (nSPS) is 23.4. The van der Waals surface area contributed by atoms with Crippen molar-refractivity contribution in [3.05, 3.63) is 60.2 Å². The zero-order valence-corrected chi connectivity index (χ0v) is 15.9. The Labute approximate surface area is 168 Å². The minimum Gasteiger partial charge on any atom is -0.457 e. The fourth-order valence-electron chi connectivity index (χ4n) is 4.12. The zero-order chi connectivity index (χ0) is 20.4. The van der Waals surface area contributed by atoms with Gasteiger partial charge in [-0.05, 0) is 62.1 Å². The number of nitrogens with zero attached hydrogens (tertiary/aromatic N) is 1. The van der Waals surface area contributed by atoms with Crippen LogP contribution in [0.2, 0.25) is 0 Å².